The molecule has 2 heterocycles. The van der Waals surface area contributed by atoms with Crippen molar-refractivity contribution >= 4 is 28.1 Å². The number of aldehydes is 1. The monoisotopic (exact) mass is 480 g/mol. The predicted octanol–water partition coefficient (Wildman–Crippen LogP) is 6.33. The number of para-hydroxylation sites is 1. The number of rotatable bonds is 9. The van der Waals surface area contributed by atoms with Gasteiger partial charge in [0, 0.05) is 28.4 Å². The van der Waals surface area contributed by atoms with Crippen molar-refractivity contribution < 1.29 is 19.0 Å². The van der Waals surface area contributed by atoms with Crippen LogP contribution in [0, 0.1) is 0 Å². The predicted molar refractivity (Wildman–Crippen MR) is 142 cm³/mol. The fraction of sp³-hybridized carbons (Fsp3) is 0.200. The maximum absolute atomic E-state index is 11.9. The van der Waals surface area contributed by atoms with Crippen molar-refractivity contribution in [1.29, 1.82) is 0 Å². The van der Waals surface area contributed by atoms with Crippen molar-refractivity contribution in [3.63, 3.8) is 0 Å². The van der Waals surface area contributed by atoms with E-state index in [1.807, 2.05) is 36.4 Å². The van der Waals surface area contributed by atoms with Gasteiger partial charge in [-0.15, -0.1) is 0 Å². The van der Waals surface area contributed by atoms with Crippen LogP contribution in [0.15, 0.2) is 72.8 Å². The standard InChI is InChI=1S/C30H28N2O4/c1-34-26-16-15-23(29(35-2)30(26)36-3)27-28-24(18-21(19-33)31-27)22-13-7-8-14-25(22)32(28)17-9-12-20-10-5-4-6-11-20/h4-8,10-11,13-16,18-19H,9,12,17H2,1-3H3. The van der Waals surface area contributed by atoms with Crippen LogP contribution in [-0.4, -0.2) is 37.2 Å². The van der Waals surface area contributed by atoms with Gasteiger partial charge in [-0.2, -0.15) is 0 Å². The van der Waals surface area contributed by atoms with E-state index >= 15 is 0 Å². The first-order valence-corrected chi connectivity index (χ1v) is 11.9. The van der Waals surface area contributed by atoms with E-state index < -0.39 is 0 Å². The lowest BCUT2D eigenvalue weighted by Gasteiger charge is -2.17. The molecule has 0 aliphatic heterocycles. The van der Waals surface area contributed by atoms with Gasteiger partial charge in [-0.05, 0) is 42.7 Å². The van der Waals surface area contributed by atoms with Crippen LogP contribution in [0.5, 0.6) is 17.2 Å². The summed E-state index contributed by atoms with van der Waals surface area (Å²) in [6.07, 6.45) is 2.71. The Kier molecular flexibility index (Phi) is 6.58. The zero-order chi connectivity index (χ0) is 25.1. The molecule has 0 aliphatic carbocycles. The Morgan fingerprint density at radius 3 is 2.31 bits per heavy atom. The van der Waals surface area contributed by atoms with Gasteiger partial charge in [0.2, 0.25) is 5.75 Å². The molecular weight excluding hydrogens is 452 g/mol. The molecule has 2 aromatic heterocycles. The third-order valence-electron chi connectivity index (χ3n) is 6.54. The third kappa shape index (κ3) is 4.05. The van der Waals surface area contributed by atoms with E-state index in [-0.39, 0.29) is 0 Å². The van der Waals surface area contributed by atoms with Gasteiger partial charge in [-0.3, -0.25) is 4.79 Å². The Hall–Kier alpha value is -4.32. The summed E-state index contributed by atoms with van der Waals surface area (Å²) in [5.41, 5.74) is 5.13. The quantitative estimate of drug-likeness (QED) is 0.231. The average Bonchev–Trinajstić information content (AvgIpc) is 3.25. The second-order valence-electron chi connectivity index (χ2n) is 8.55. The highest BCUT2D eigenvalue weighted by Gasteiger charge is 2.23. The Balaban J connectivity index is 1.75. The van der Waals surface area contributed by atoms with Gasteiger partial charge in [-0.1, -0.05) is 48.5 Å². The van der Waals surface area contributed by atoms with Crippen molar-refractivity contribution in [3.05, 3.63) is 84.1 Å². The van der Waals surface area contributed by atoms with Crippen LogP contribution in [0.3, 0.4) is 0 Å². The zero-order valence-corrected chi connectivity index (χ0v) is 20.7. The Morgan fingerprint density at radius 1 is 0.833 bits per heavy atom. The number of ether oxygens (including phenoxy) is 3. The van der Waals surface area contributed by atoms with Gasteiger partial charge < -0.3 is 18.8 Å². The van der Waals surface area contributed by atoms with Crippen LogP contribution < -0.4 is 14.2 Å². The molecule has 6 nitrogen and oxygen atoms in total. The van der Waals surface area contributed by atoms with Crippen LogP contribution in [0.4, 0.5) is 0 Å². The lowest BCUT2D eigenvalue weighted by molar-refractivity contribution is 0.111. The number of nitrogens with zero attached hydrogens (tertiary/aromatic N) is 2. The van der Waals surface area contributed by atoms with Crippen LogP contribution in [0.25, 0.3) is 33.1 Å². The highest BCUT2D eigenvalue weighted by Crippen LogP contribution is 2.46. The smallest absolute Gasteiger partial charge is 0.203 e. The third-order valence-corrected chi connectivity index (χ3v) is 6.54. The number of carbonyl (C=O) groups excluding carboxylic acids is 1. The lowest BCUT2D eigenvalue weighted by Crippen LogP contribution is -2.04. The van der Waals surface area contributed by atoms with E-state index in [1.165, 1.54) is 5.56 Å². The number of pyridine rings is 1. The molecule has 5 rings (SSSR count). The van der Waals surface area contributed by atoms with E-state index in [1.54, 1.807) is 21.3 Å². The van der Waals surface area contributed by atoms with Gasteiger partial charge in [0.1, 0.15) is 5.69 Å². The molecular formula is C30H28N2O4. The Bertz CT molecular complexity index is 1540. The molecule has 0 amide bonds. The molecule has 6 heteroatoms. The van der Waals surface area contributed by atoms with E-state index in [9.17, 15) is 4.79 Å². The average molecular weight is 481 g/mol. The van der Waals surface area contributed by atoms with Crippen molar-refractivity contribution in [2.45, 2.75) is 19.4 Å². The summed E-state index contributed by atoms with van der Waals surface area (Å²) in [7, 11) is 4.76. The highest BCUT2D eigenvalue weighted by atomic mass is 16.5. The molecule has 3 aromatic carbocycles. The molecule has 36 heavy (non-hydrogen) atoms. The minimum absolute atomic E-state index is 0.363. The number of carbonyl (C=O) groups is 1. The zero-order valence-electron chi connectivity index (χ0n) is 20.7. The normalized spacial score (nSPS) is 11.1. The molecule has 0 aliphatic rings. The first kappa shape index (κ1) is 23.4. The summed E-state index contributed by atoms with van der Waals surface area (Å²) in [5.74, 6) is 1.55. The topological polar surface area (TPSA) is 62.6 Å². The van der Waals surface area contributed by atoms with E-state index in [2.05, 4.69) is 41.0 Å². The second-order valence-corrected chi connectivity index (χ2v) is 8.55. The molecule has 0 saturated heterocycles. The fourth-order valence-electron chi connectivity index (χ4n) is 4.95. The molecule has 182 valence electrons. The molecule has 0 fully saturated rings. The minimum atomic E-state index is 0.363. The number of benzene rings is 3. The van der Waals surface area contributed by atoms with E-state index in [0.29, 0.717) is 28.6 Å². The van der Waals surface area contributed by atoms with E-state index in [0.717, 1.165) is 53.0 Å². The van der Waals surface area contributed by atoms with Crippen molar-refractivity contribution in [1.82, 2.24) is 9.55 Å². The first-order valence-electron chi connectivity index (χ1n) is 11.9. The van der Waals surface area contributed by atoms with Gasteiger partial charge >= 0.3 is 0 Å². The number of aromatic nitrogens is 2. The summed E-state index contributed by atoms with van der Waals surface area (Å²) in [4.78, 5) is 16.7. The summed E-state index contributed by atoms with van der Waals surface area (Å²) >= 11 is 0. The molecule has 0 atom stereocenters. The Labute approximate surface area is 210 Å². The highest BCUT2D eigenvalue weighted by molar-refractivity contribution is 6.13. The van der Waals surface area contributed by atoms with E-state index in [4.69, 9.17) is 19.2 Å². The van der Waals surface area contributed by atoms with Crippen LogP contribution in [-0.2, 0) is 13.0 Å². The molecule has 0 unspecified atom stereocenters. The number of methoxy groups -OCH3 is 3. The second kappa shape index (κ2) is 10.1. The van der Waals surface area contributed by atoms with Crippen LogP contribution >= 0.6 is 0 Å². The number of hydrogen-bond acceptors (Lipinski definition) is 5. The minimum Gasteiger partial charge on any atom is -0.493 e. The van der Waals surface area contributed by atoms with Gasteiger partial charge in [0.05, 0.1) is 32.5 Å². The van der Waals surface area contributed by atoms with Crippen molar-refractivity contribution in [2.24, 2.45) is 0 Å². The number of fused-ring (bicyclic) bond motifs is 3. The molecule has 0 bridgehead atoms. The van der Waals surface area contributed by atoms with Gasteiger partial charge in [-0.25, -0.2) is 4.98 Å². The van der Waals surface area contributed by atoms with Crippen LogP contribution in [0.1, 0.15) is 22.5 Å². The summed E-state index contributed by atoms with van der Waals surface area (Å²) in [5, 5.41) is 2.06. The largest absolute Gasteiger partial charge is 0.493 e. The number of aryl methyl sites for hydroxylation is 2. The molecule has 0 radical (unpaired) electrons. The molecule has 5 aromatic rings. The Morgan fingerprint density at radius 2 is 1.58 bits per heavy atom. The van der Waals surface area contributed by atoms with Crippen molar-refractivity contribution in [3.8, 4) is 28.5 Å². The summed E-state index contributed by atoms with van der Waals surface area (Å²) < 4.78 is 19.2. The molecule has 0 spiro atoms. The van der Waals surface area contributed by atoms with Gasteiger partial charge in [0.25, 0.3) is 0 Å². The maximum atomic E-state index is 11.9. The lowest BCUT2D eigenvalue weighted by atomic mass is 10.0. The maximum Gasteiger partial charge on any atom is 0.203 e. The SMILES string of the molecule is COc1ccc(-c2nc(C=O)cc3c4ccccc4n(CCCc4ccccc4)c23)c(OC)c1OC. The van der Waals surface area contributed by atoms with Crippen molar-refractivity contribution in [2.75, 3.05) is 21.3 Å². The molecule has 0 N–H and O–H groups in total. The van der Waals surface area contributed by atoms with Crippen LogP contribution in [0.2, 0.25) is 0 Å². The summed E-state index contributed by atoms with van der Waals surface area (Å²) in [6.45, 7) is 0.795. The number of hydrogen-bond donors (Lipinski definition) is 0. The first-order chi connectivity index (χ1) is 17.7. The van der Waals surface area contributed by atoms with Gasteiger partial charge in [0.15, 0.2) is 17.8 Å². The summed E-state index contributed by atoms with van der Waals surface area (Å²) in [6, 6.07) is 24.4. The molecule has 0 saturated carbocycles. The fourth-order valence-corrected chi connectivity index (χ4v) is 4.95.